The van der Waals surface area contributed by atoms with Gasteiger partial charge in [0.05, 0.1) is 24.3 Å². The average molecular weight is 588 g/mol. The third kappa shape index (κ3) is 4.42. The van der Waals surface area contributed by atoms with Crippen LogP contribution in [0, 0.1) is 23.7 Å². The van der Waals surface area contributed by atoms with Crippen LogP contribution in [-0.4, -0.2) is 89.7 Å². The number of carbonyl (C=O) groups excluding carboxylic acids is 3. The van der Waals surface area contributed by atoms with E-state index in [1.807, 2.05) is 0 Å². The molecule has 1 saturated carbocycles. The maximum atomic E-state index is 14.1. The number of benzene rings is 2. The number of rotatable bonds is 4. The van der Waals surface area contributed by atoms with Crippen LogP contribution >= 0.6 is 0 Å². The fraction of sp³-hybridized carbons (Fsp3) is 0.344. The summed E-state index contributed by atoms with van der Waals surface area (Å²) in [5.74, 6) is -0.480. The van der Waals surface area contributed by atoms with E-state index in [0.717, 1.165) is 0 Å². The van der Waals surface area contributed by atoms with Crippen LogP contribution < -0.4 is 15.4 Å². The molecular weight excluding hydrogens is 554 g/mol. The van der Waals surface area contributed by atoms with Crippen molar-refractivity contribution in [3.8, 4) is 23.3 Å². The van der Waals surface area contributed by atoms with Gasteiger partial charge in [-0.25, -0.2) is 0 Å². The number of hydrogen-bond acceptors (Lipinski definition) is 10. The van der Waals surface area contributed by atoms with Crippen molar-refractivity contribution in [1.29, 1.82) is 0 Å². The highest BCUT2D eigenvalue weighted by Crippen LogP contribution is 2.54. The molecule has 6 N–H and O–H groups in total. The fourth-order valence-electron chi connectivity index (χ4n) is 6.63. The summed E-state index contributed by atoms with van der Waals surface area (Å²) in [5, 5.41) is 45.9. The number of likely N-dealkylation sites (N-methyl/N-ethyl adjacent to an activating group) is 1. The standard InChI is InChI=1S/C32H33N3O8/c1-34(2)21-14-16(10-9-15-7-6-8-18(11-15)43-5)26(36)23-19(21)12-17-13-20-25(35(3)4)28(38)24(31(33)41)30(40)32(20,42)29(39)22(17)27(23)37/h6-8,11,14,17,20,25,36-37,40,42H,12-13H2,1-5H3,(H2,33,41)/t17-,20-,25-,32-/m0/s1. The van der Waals surface area contributed by atoms with E-state index in [1.54, 1.807) is 63.4 Å². The number of Topliss-reactive ketones (excluding diaryl/α,β-unsaturated/α-hetero) is 2. The molecule has 43 heavy (non-hydrogen) atoms. The number of aromatic hydroxyl groups is 1. The van der Waals surface area contributed by atoms with Gasteiger partial charge in [-0.3, -0.25) is 19.3 Å². The number of ether oxygens (including phenoxy) is 1. The smallest absolute Gasteiger partial charge is 0.255 e. The molecule has 0 aliphatic heterocycles. The number of hydrogen-bond donors (Lipinski definition) is 5. The largest absolute Gasteiger partial charge is 0.508 e. The Hall–Kier alpha value is -4.79. The summed E-state index contributed by atoms with van der Waals surface area (Å²) in [5.41, 5.74) is 3.61. The van der Waals surface area contributed by atoms with Crippen LogP contribution in [0.2, 0.25) is 0 Å². The van der Waals surface area contributed by atoms with Crippen LogP contribution in [0.3, 0.4) is 0 Å². The molecule has 0 heterocycles. The Kier molecular flexibility index (Phi) is 7.24. The lowest BCUT2D eigenvalue weighted by atomic mass is 9.57. The van der Waals surface area contributed by atoms with E-state index >= 15 is 0 Å². The molecule has 2 aromatic rings. The summed E-state index contributed by atoms with van der Waals surface area (Å²) < 4.78 is 5.25. The maximum Gasteiger partial charge on any atom is 0.255 e. The predicted octanol–water partition coefficient (Wildman–Crippen LogP) is 1.44. The first-order chi connectivity index (χ1) is 20.2. The van der Waals surface area contributed by atoms with Gasteiger partial charge in [0.15, 0.2) is 11.4 Å². The first kappa shape index (κ1) is 29.7. The molecule has 2 aromatic carbocycles. The number of anilines is 1. The van der Waals surface area contributed by atoms with Gasteiger partial charge in [0.25, 0.3) is 5.91 Å². The Morgan fingerprint density at radius 1 is 1.09 bits per heavy atom. The number of primary amides is 1. The van der Waals surface area contributed by atoms with Crippen molar-refractivity contribution < 1.29 is 39.5 Å². The number of nitrogens with two attached hydrogens (primary N) is 1. The molecule has 0 unspecified atom stereocenters. The molecule has 5 rings (SSSR count). The highest BCUT2D eigenvalue weighted by Gasteiger charge is 2.64. The number of carbonyl (C=O) groups is 3. The van der Waals surface area contributed by atoms with Crippen molar-refractivity contribution in [2.24, 2.45) is 17.6 Å². The number of methoxy groups -OCH3 is 1. The van der Waals surface area contributed by atoms with Gasteiger partial charge in [-0.2, -0.15) is 0 Å². The van der Waals surface area contributed by atoms with E-state index in [2.05, 4.69) is 11.8 Å². The minimum absolute atomic E-state index is 0.0107. The summed E-state index contributed by atoms with van der Waals surface area (Å²) in [6, 6.07) is 7.60. The summed E-state index contributed by atoms with van der Waals surface area (Å²) in [6.07, 6.45) is 0.190. The van der Waals surface area contributed by atoms with E-state index in [4.69, 9.17) is 10.5 Å². The third-order valence-corrected chi connectivity index (χ3v) is 8.59. The third-order valence-electron chi connectivity index (χ3n) is 8.59. The Morgan fingerprint density at radius 2 is 1.79 bits per heavy atom. The summed E-state index contributed by atoms with van der Waals surface area (Å²) in [4.78, 5) is 42.8. The molecule has 224 valence electrons. The second kappa shape index (κ2) is 10.5. The molecule has 1 amide bonds. The van der Waals surface area contributed by atoms with Gasteiger partial charge in [0.1, 0.15) is 28.6 Å². The molecule has 3 aliphatic rings. The van der Waals surface area contributed by atoms with Crippen LogP contribution in [0.4, 0.5) is 5.69 Å². The number of phenolic OH excluding ortho intramolecular Hbond substituents is 1. The predicted molar refractivity (Wildman–Crippen MR) is 158 cm³/mol. The van der Waals surface area contributed by atoms with Crippen molar-refractivity contribution in [3.05, 3.63) is 69.5 Å². The minimum atomic E-state index is -2.70. The van der Waals surface area contributed by atoms with Crippen LogP contribution in [0.15, 0.2) is 47.2 Å². The van der Waals surface area contributed by atoms with Crippen LogP contribution in [0.1, 0.15) is 28.7 Å². The molecule has 0 bridgehead atoms. The number of aliphatic hydroxyl groups excluding tert-OH is 2. The Bertz CT molecular complexity index is 1710. The molecular formula is C32H33N3O8. The molecule has 0 saturated heterocycles. The monoisotopic (exact) mass is 587 g/mol. The highest BCUT2D eigenvalue weighted by molar-refractivity contribution is 6.24. The second-order valence-corrected chi connectivity index (χ2v) is 11.5. The van der Waals surface area contributed by atoms with E-state index < -0.39 is 58.0 Å². The Balaban J connectivity index is 1.71. The van der Waals surface area contributed by atoms with Crippen molar-refractivity contribution in [2.75, 3.05) is 40.2 Å². The van der Waals surface area contributed by atoms with Crippen molar-refractivity contribution in [3.63, 3.8) is 0 Å². The van der Waals surface area contributed by atoms with Gasteiger partial charge in [0, 0.05) is 36.8 Å². The van der Waals surface area contributed by atoms with Crippen LogP contribution in [-0.2, 0) is 20.8 Å². The van der Waals surface area contributed by atoms with Gasteiger partial charge >= 0.3 is 0 Å². The molecule has 3 aliphatic carbocycles. The lowest BCUT2D eigenvalue weighted by Crippen LogP contribution is -2.65. The van der Waals surface area contributed by atoms with E-state index in [1.165, 1.54) is 12.0 Å². The zero-order valence-corrected chi connectivity index (χ0v) is 24.4. The minimum Gasteiger partial charge on any atom is -0.508 e. The molecule has 0 radical (unpaired) electrons. The first-order valence-electron chi connectivity index (χ1n) is 13.6. The number of aliphatic hydroxyl groups is 3. The van der Waals surface area contributed by atoms with Crippen molar-refractivity contribution in [2.45, 2.75) is 24.5 Å². The van der Waals surface area contributed by atoms with Crippen molar-refractivity contribution in [1.82, 2.24) is 4.90 Å². The zero-order valence-electron chi connectivity index (χ0n) is 24.4. The SMILES string of the molecule is COc1cccc(C#Cc2cc(N(C)C)c3c(c2O)C(O)=C2C(=O)[C@]4(O)C(O)=C(C(N)=O)C(=O)[C@@H](N(C)C)[C@@H]4C[C@@H]2C3)c1. The molecule has 0 aromatic heterocycles. The lowest BCUT2D eigenvalue weighted by molar-refractivity contribution is -0.153. The lowest BCUT2D eigenvalue weighted by Gasteiger charge is -2.50. The highest BCUT2D eigenvalue weighted by atomic mass is 16.5. The van der Waals surface area contributed by atoms with E-state index in [9.17, 15) is 34.8 Å². The van der Waals surface area contributed by atoms with Gasteiger partial charge in [0.2, 0.25) is 5.78 Å². The van der Waals surface area contributed by atoms with E-state index in [0.29, 0.717) is 22.6 Å². The van der Waals surface area contributed by atoms with Crippen LogP contribution in [0.25, 0.3) is 5.76 Å². The number of amides is 1. The molecule has 0 spiro atoms. The molecule has 11 nitrogen and oxygen atoms in total. The zero-order chi connectivity index (χ0) is 31.5. The normalized spacial score (nSPS) is 24.6. The van der Waals surface area contributed by atoms with Gasteiger partial charge in [-0.05, 0) is 62.7 Å². The number of nitrogens with zero attached hydrogens (tertiary/aromatic N) is 2. The topological polar surface area (TPSA) is 174 Å². The van der Waals surface area contributed by atoms with Crippen molar-refractivity contribution >= 4 is 28.9 Å². The van der Waals surface area contributed by atoms with Crippen LogP contribution in [0.5, 0.6) is 11.5 Å². The second-order valence-electron chi connectivity index (χ2n) is 11.5. The number of ketones is 2. The van der Waals surface area contributed by atoms with Gasteiger partial charge in [-0.15, -0.1) is 0 Å². The summed E-state index contributed by atoms with van der Waals surface area (Å²) in [6.45, 7) is 0. The molecule has 11 heteroatoms. The van der Waals surface area contributed by atoms with Gasteiger partial charge in [-0.1, -0.05) is 17.9 Å². The molecule has 4 atom stereocenters. The number of phenols is 1. The first-order valence-corrected chi connectivity index (χ1v) is 13.6. The Labute approximate surface area is 248 Å². The molecule has 1 fully saturated rings. The van der Waals surface area contributed by atoms with Gasteiger partial charge < -0.3 is 35.8 Å². The maximum absolute atomic E-state index is 14.1. The fourth-order valence-corrected chi connectivity index (χ4v) is 6.63. The van der Waals surface area contributed by atoms with E-state index in [-0.39, 0.29) is 35.3 Å². The summed E-state index contributed by atoms with van der Waals surface area (Å²) in [7, 11) is 8.25. The Morgan fingerprint density at radius 3 is 2.40 bits per heavy atom. The quantitative estimate of drug-likeness (QED) is 0.260. The summed E-state index contributed by atoms with van der Waals surface area (Å²) >= 11 is 0. The average Bonchev–Trinajstić information content (AvgIpc) is 2.94. The number of fused-ring (bicyclic) bond motifs is 3.